The average molecular weight is 353 g/mol. The molecular weight excluding hydrogens is 330 g/mol. The van der Waals surface area contributed by atoms with Crippen LogP contribution < -0.4 is 0 Å². The van der Waals surface area contributed by atoms with Gasteiger partial charge < -0.3 is 14.7 Å². The number of ether oxygens (including phenoxy) is 1. The first-order valence-electron chi connectivity index (χ1n) is 8.87. The molecule has 0 bridgehead atoms. The van der Waals surface area contributed by atoms with E-state index in [4.69, 9.17) is 9.84 Å². The number of amides is 1. The van der Waals surface area contributed by atoms with Gasteiger partial charge in [0.2, 0.25) is 5.91 Å². The Morgan fingerprint density at radius 1 is 1.15 bits per heavy atom. The van der Waals surface area contributed by atoms with Crippen molar-refractivity contribution in [3.05, 3.63) is 70.8 Å². The third kappa shape index (κ3) is 4.29. The lowest BCUT2D eigenvalue weighted by molar-refractivity contribution is -0.138. The summed E-state index contributed by atoms with van der Waals surface area (Å²) in [5.74, 6) is -0.993. The summed E-state index contributed by atoms with van der Waals surface area (Å²) >= 11 is 0. The number of rotatable bonds is 5. The second-order valence-corrected chi connectivity index (χ2v) is 6.48. The summed E-state index contributed by atoms with van der Waals surface area (Å²) in [6, 6.07) is 14.9. The molecule has 1 fully saturated rings. The lowest BCUT2D eigenvalue weighted by Crippen LogP contribution is -2.43. The van der Waals surface area contributed by atoms with Crippen molar-refractivity contribution in [2.24, 2.45) is 0 Å². The van der Waals surface area contributed by atoms with E-state index < -0.39 is 5.97 Å². The monoisotopic (exact) mass is 353 g/mol. The van der Waals surface area contributed by atoms with Crippen LogP contribution in [0.15, 0.2) is 48.5 Å². The van der Waals surface area contributed by atoms with Crippen molar-refractivity contribution in [1.82, 2.24) is 4.90 Å². The molecule has 26 heavy (non-hydrogen) atoms. The number of morpholine rings is 1. The first-order valence-corrected chi connectivity index (χ1v) is 8.87. The van der Waals surface area contributed by atoms with Gasteiger partial charge in [0.05, 0.1) is 25.1 Å². The van der Waals surface area contributed by atoms with E-state index in [1.165, 1.54) is 11.6 Å². The lowest BCUT2D eigenvalue weighted by atomic mass is 10.0. The van der Waals surface area contributed by atoms with Gasteiger partial charge in [-0.25, -0.2) is 4.79 Å². The maximum Gasteiger partial charge on any atom is 0.335 e. The zero-order chi connectivity index (χ0) is 18.5. The van der Waals surface area contributed by atoms with Crippen LogP contribution in [0.2, 0.25) is 0 Å². The molecule has 0 aromatic heterocycles. The number of nitrogens with zero attached hydrogens (tertiary/aromatic N) is 1. The van der Waals surface area contributed by atoms with E-state index in [-0.39, 0.29) is 24.0 Å². The highest BCUT2D eigenvalue weighted by molar-refractivity contribution is 5.88. The molecule has 0 saturated carbocycles. The van der Waals surface area contributed by atoms with Crippen molar-refractivity contribution < 1.29 is 19.4 Å². The van der Waals surface area contributed by atoms with Gasteiger partial charge in [0.15, 0.2) is 0 Å². The molecular formula is C21H23NO4. The second kappa shape index (κ2) is 8.15. The largest absolute Gasteiger partial charge is 0.478 e. The smallest absolute Gasteiger partial charge is 0.335 e. The lowest BCUT2D eigenvalue weighted by Gasteiger charge is -2.33. The first kappa shape index (κ1) is 18.1. The molecule has 1 saturated heterocycles. The molecule has 1 N–H and O–H groups in total. The minimum atomic E-state index is -0.985. The fourth-order valence-corrected chi connectivity index (χ4v) is 3.15. The van der Waals surface area contributed by atoms with Crippen LogP contribution in [0.25, 0.3) is 0 Å². The molecule has 5 heteroatoms. The minimum absolute atomic E-state index is 0.00832. The number of benzene rings is 2. The van der Waals surface area contributed by atoms with E-state index >= 15 is 0 Å². The number of aryl methyl sites for hydroxylation is 1. The van der Waals surface area contributed by atoms with Crippen LogP contribution in [0.1, 0.15) is 40.1 Å². The zero-order valence-corrected chi connectivity index (χ0v) is 14.9. The molecule has 0 spiro atoms. The molecule has 5 nitrogen and oxygen atoms in total. The summed E-state index contributed by atoms with van der Waals surface area (Å²) in [7, 11) is 0. The predicted molar refractivity (Wildman–Crippen MR) is 98.2 cm³/mol. The Hall–Kier alpha value is -2.66. The molecule has 0 radical (unpaired) electrons. The molecule has 1 amide bonds. The summed E-state index contributed by atoms with van der Waals surface area (Å²) in [6.07, 6.45) is 1.07. The molecule has 1 aliphatic heterocycles. The van der Waals surface area contributed by atoms with Crippen LogP contribution in [0, 0.1) is 0 Å². The molecule has 1 atom stereocenters. The Bertz CT molecular complexity index is 785. The number of hydrogen-bond acceptors (Lipinski definition) is 3. The van der Waals surface area contributed by atoms with Crippen molar-refractivity contribution in [3.8, 4) is 0 Å². The third-order valence-electron chi connectivity index (χ3n) is 4.71. The first-order chi connectivity index (χ1) is 12.6. The molecule has 3 rings (SSSR count). The van der Waals surface area contributed by atoms with Crippen LogP contribution in [-0.2, 0) is 22.4 Å². The summed E-state index contributed by atoms with van der Waals surface area (Å²) in [4.78, 5) is 25.5. The normalized spacial score (nSPS) is 17.1. The van der Waals surface area contributed by atoms with Gasteiger partial charge in [-0.2, -0.15) is 0 Å². The number of carbonyl (C=O) groups is 2. The van der Waals surface area contributed by atoms with Gasteiger partial charge in [-0.05, 0) is 35.2 Å². The summed E-state index contributed by atoms with van der Waals surface area (Å²) in [6.45, 7) is 3.69. The minimum Gasteiger partial charge on any atom is -0.478 e. The molecule has 1 unspecified atom stereocenters. The van der Waals surface area contributed by atoms with E-state index in [0.29, 0.717) is 25.3 Å². The van der Waals surface area contributed by atoms with E-state index in [1.54, 1.807) is 23.1 Å². The zero-order valence-electron chi connectivity index (χ0n) is 14.9. The van der Waals surface area contributed by atoms with Crippen LogP contribution in [-0.4, -0.2) is 41.6 Å². The quantitative estimate of drug-likeness (QED) is 0.897. The third-order valence-corrected chi connectivity index (χ3v) is 4.71. The Labute approximate surface area is 153 Å². The van der Waals surface area contributed by atoms with Gasteiger partial charge in [0.25, 0.3) is 0 Å². The fourth-order valence-electron chi connectivity index (χ4n) is 3.15. The van der Waals surface area contributed by atoms with Crippen LogP contribution in [0.3, 0.4) is 0 Å². The average Bonchev–Trinajstić information content (AvgIpc) is 2.68. The van der Waals surface area contributed by atoms with E-state index in [0.717, 1.165) is 12.0 Å². The van der Waals surface area contributed by atoms with Crippen LogP contribution in [0.4, 0.5) is 0 Å². The Morgan fingerprint density at radius 3 is 2.62 bits per heavy atom. The predicted octanol–water partition coefficient (Wildman–Crippen LogP) is 3.09. The number of carboxylic acid groups (broad SMARTS) is 1. The van der Waals surface area contributed by atoms with Gasteiger partial charge in [-0.1, -0.05) is 43.3 Å². The highest BCUT2D eigenvalue weighted by Gasteiger charge is 2.25. The van der Waals surface area contributed by atoms with Gasteiger partial charge >= 0.3 is 5.97 Å². The standard InChI is InChI=1S/C21H23NO4/c1-2-15-6-8-17(9-7-15)19-14-22(10-11-26-19)20(23)13-16-4-3-5-18(12-16)21(24)25/h3-9,12,19H,2,10-11,13-14H2,1H3,(H,24,25). The molecule has 136 valence electrons. The fraction of sp³-hybridized carbons (Fsp3) is 0.333. The van der Waals surface area contributed by atoms with Crippen LogP contribution in [0.5, 0.6) is 0 Å². The van der Waals surface area contributed by atoms with Crippen molar-refractivity contribution in [2.75, 3.05) is 19.7 Å². The number of carboxylic acids is 1. The number of aromatic carboxylic acids is 1. The highest BCUT2D eigenvalue weighted by atomic mass is 16.5. The topological polar surface area (TPSA) is 66.8 Å². The molecule has 2 aromatic rings. The van der Waals surface area contributed by atoms with E-state index in [1.807, 2.05) is 0 Å². The molecule has 0 aliphatic carbocycles. The number of hydrogen-bond donors (Lipinski definition) is 1. The SMILES string of the molecule is CCc1ccc(C2CN(C(=O)Cc3cccc(C(=O)O)c3)CCO2)cc1. The molecule has 2 aromatic carbocycles. The van der Waals surface area contributed by atoms with Gasteiger partial charge in [0.1, 0.15) is 6.10 Å². The van der Waals surface area contributed by atoms with Gasteiger partial charge in [0, 0.05) is 6.54 Å². The maximum atomic E-state index is 12.6. The van der Waals surface area contributed by atoms with Crippen molar-refractivity contribution in [1.29, 1.82) is 0 Å². The van der Waals surface area contributed by atoms with Crippen LogP contribution >= 0.6 is 0 Å². The molecule has 1 heterocycles. The Morgan fingerprint density at radius 2 is 1.92 bits per heavy atom. The van der Waals surface area contributed by atoms with Gasteiger partial charge in [-0.3, -0.25) is 4.79 Å². The maximum absolute atomic E-state index is 12.6. The van der Waals surface area contributed by atoms with Crippen molar-refractivity contribution >= 4 is 11.9 Å². The Balaban J connectivity index is 1.65. The molecule has 1 aliphatic rings. The summed E-state index contributed by atoms with van der Waals surface area (Å²) < 4.78 is 5.85. The Kier molecular flexibility index (Phi) is 5.68. The highest BCUT2D eigenvalue weighted by Crippen LogP contribution is 2.23. The van der Waals surface area contributed by atoms with Gasteiger partial charge in [-0.15, -0.1) is 0 Å². The van der Waals surface area contributed by atoms with Crippen molar-refractivity contribution in [2.45, 2.75) is 25.9 Å². The van der Waals surface area contributed by atoms with Crippen molar-refractivity contribution in [3.63, 3.8) is 0 Å². The van der Waals surface area contributed by atoms with E-state index in [2.05, 4.69) is 31.2 Å². The second-order valence-electron chi connectivity index (χ2n) is 6.48. The van der Waals surface area contributed by atoms with E-state index in [9.17, 15) is 9.59 Å². The summed E-state index contributed by atoms with van der Waals surface area (Å²) in [5.41, 5.74) is 3.26. The number of carbonyl (C=O) groups excluding carboxylic acids is 1. The summed E-state index contributed by atoms with van der Waals surface area (Å²) in [5, 5.41) is 9.08.